The maximum absolute atomic E-state index is 9.62. The summed E-state index contributed by atoms with van der Waals surface area (Å²) < 4.78 is 5.32. The minimum absolute atomic E-state index is 0.137. The van der Waals surface area contributed by atoms with Crippen LogP contribution in [0.25, 0.3) is 11.3 Å². The average molecular weight is 247 g/mol. The van der Waals surface area contributed by atoms with Gasteiger partial charge in [-0.1, -0.05) is 11.6 Å². The number of aromatic amines is 1. The number of aryl methyl sites for hydroxylation is 1. The van der Waals surface area contributed by atoms with Crippen LogP contribution in [-0.4, -0.2) is 28.7 Å². The van der Waals surface area contributed by atoms with E-state index in [1.54, 1.807) is 13.3 Å². The Balaban J connectivity index is 2.42. The first-order valence-electron chi connectivity index (χ1n) is 5.73. The fraction of sp³-hybridized carbons (Fsp3) is 0.308. The van der Waals surface area contributed by atoms with E-state index in [0.29, 0.717) is 5.82 Å². The van der Waals surface area contributed by atoms with Crippen molar-refractivity contribution in [2.24, 2.45) is 5.73 Å². The lowest BCUT2D eigenvalue weighted by atomic mass is 10.1. The highest BCUT2D eigenvalue weighted by Crippen LogP contribution is 2.30. The summed E-state index contributed by atoms with van der Waals surface area (Å²) in [7, 11) is 1.63. The molecule has 0 saturated heterocycles. The third-order valence-corrected chi connectivity index (χ3v) is 2.78. The molecule has 18 heavy (non-hydrogen) atoms. The smallest absolute Gasteiger partial charge is 0.136 e. The number of nitrogens with one attached hydrogen (secondary N) is 1. The zero-order valence-electron chi connectivity index (χ0n) is 10.5. The van der Waals surface area contributed by atoms with Gasteiger partial charge in [-0.3, -0.25) is 0 Å². The second-order valence-corrected chi connectivity index (χ2v) is 4.14. The zero-order chi connectivity index (χ0) is 13.1. The lowest BCUT2D eigenvalue weighted by Crippen LogP contribution is -2.12. The monoisotopic (exact) mass is 247 g/mol. The van der Waals surface area contributed by atoms with Gasteiger partial charge in [-0.05, 0) is 19.1 Å². The van der Waals surface area contributed by atoms with Crippen LogP contribution >= 0.6 is 0 Å². The molecule has 5 heteroatoms. The predicted molar refractivity (Wildman–Crippen MR) is 69.3 cm³/mol. The van der Waals surface area contributed by atoms with Crippen LogP contribution in [0.5, 0.6) is 5.75 Å². The standard InChI is InChI=1S/C13H17N3O2/c1-8-3-4-12(18-2)9(5-8)10-7-15-13(16-10)11(17)6-14/h3-5,7,11,17H,6,14H2,1-2H3,(H,15,16). The summed E-state index contributed by atoms with van der Waals surface area (Å²) in [6.45, 7) is 2.15. The number of H-pyrrole nitrogens is 1. The second kappa shape index (κ2) is 5.20. The van der Waals surface area contributed by atoms with E-state index in [1.165, 1.54) is 0 Å². The van der Waals surface area contributed by atoms with E-state index >= 15 is 0 Å². The Labute approximate surface area is 106 Å². The Kier molecular flexibility index (Phi) is 3.64. The molecule has 0 aliphatic rings. The van der Waals surface area contributed by atoms with Crippen molar-refractivity contribution in [1.82, 2.24) is 9.97 Å². The number of hydrogen-bond donors (Lipinski definition) is 3. The molecule has 0 spiro atoms. The Hall–Kier alpha value is -1.85. The maximum Gasteiger partial charge on any atom is 0.136 e. The maximum atomic E-state index is 9.62. The summed E-state index contributed by atoms with van der Waals surface area (Å²) in [4.78, 5) is 7.19. The van der Waals surface area contributed by atoms with E-state index < -0.39 is 6.10 Å². The molecule has 0 amide bonds. The van der Waals surface area contributed by atoms with Crippen molar-refractivity contribution in [3.63, 3.8) is 0 Å². The Morgan fingerprint density at radius 3 is 2.94 bits per heavy atom. The number of rotatable bonds is 4. The molecule has 2 aromatic rings. The van der Waals surface area contributed by atoms with Crippen molar-refractivity contribution in [3.05, 3.63) is 35.8 Å². The van der Waals surface area contributed by atoms with Crippen molar-refractivity contribution < 1.29 is 9.84 Å². The normalized spacial score (nSPS) is 12.4. The van der Waals surface area contributed by atoms with Crippen molar-refractivity contribution in [1.29, 1.82) is 0 Å². The molecule has 0 radical (unpaired) electrons. The summed E-state index contributed by atoms with van der Waals surface area (Å²) in [5, 5.41) is 9.62. The number of hydrogen-bond acceptors (Lipinski definition) is 4. The lowest BCUT2D eigenvalue weighted by molar-refractivity contribution is 0.177. The fourth-order valence-electron chi connectivity index (χ4n) is 1.79. The van der Waals surface area contributed by atoms with Gasteiger partial charge in [-0.2, -0.15) is 0 Å². The van der Waals surface area contributed by atoms with E-state index in [-0.39, 0.29) is 6.54 Å². The van der Waals surface area contributed by atoms with E-state index in [2.05, 4.69) is 9.97 Å². The lowest BCUT2D eigenvalue weighted by Gasteiger charge is -2.08. The molecule has 1 unspecified atom stereocenters. The first-order chi connectivity index (χ1) is 8.65. The van der Waals surface area contributed by atoms with Crippen LogP contribution < -0.4 is 10.5 Å². The molecular formula is C13H17N3O2. The molecular weight excluding hydrogens is 230 g/mol. The minimum Gasteiger partial charge on any atom is -0.496 e. The van der Waals surface area contributed by atoms with Crippen LogP contribution in [0.3, 0.4) is 0 Å². The SMILES string of the molecule is COc1ccc(C)cc1-c1cnc(C(O)CN)[nH]1. The number of nitrogens with two attached hydrogens (primary N) is 1. The van der Waals surface area contributed by atoms with E-state index in [9.17, 15) is 5.11 Å². The number of nitrogens with zero attached hydrogens (tertiary/aromatic N) is 1. The number of aromatic nitrogens is 2. The third kappa shape index (κ3) is 2.37. The van der Waals surface area contributed by atoms with Gasteiger partial charge in [0.05, 0.1) is 19.0 Å². The molecule has 0 saturated carbocycles. The van der Waals surface area contributed by atoms with Crippen LogP contribution in [0.15, 0.2) is 24.4 Å². The third-order valence-electron chi connectivity index (χ3n) is 2.78. The molecule has 0 aliphatic carbocycles. The molecule has 4 N–H and O–H groups in total. The average Bonchev–Trinajstić information content (AvgIpc) is 2.87. The van der Waals surface area contributed by atoms with Crippen molar-refractivity contribution in [2.45, 2.75) is 13.0 Å². The summed E-state index contributed by atoms with van der Waals surface area (Å²) in [6, 6.07) is 5.89. The quantitative estimate of drug-likeness (QED) is 0.762. The van der Waals surface area contributed by atoms with Gasteiger partial charge in [-0.25, -0.2) is 4.98 Å². The Morgan fingerprint density at radius 2 is 2.28 bits per heavy atom. The van der Waals surface area contributed by atoms with Gasteiger partial charge >= 0.3 is 0 Å². The molecule has 0 aliphatic heterocycles. The van der Waals surface area contributed by atoms with Crippen LogP contribution in [0.4, 0.5) is 0 Å². The van der Waals surface area contributed by atoms with E-state index in [1.807, 2.05) is 25.1 Å². The van der Waals surface area contributed by atoms with Crippen molar-refractivity contribution >= 4 is 0 Å². The molecule has 1 atom stereocenters. The number of benzene rings is 1. The molecule has 96 valence electrons. The topological polar surface area (TPSA) is 84.2 Å². The van der Waals surface area contributed by atoms with Gasteiger partial charge in [0.1, 0.15) is 17.7 Å². The Morgan fingerprint density at radius 1 is 1.50 bits per heavy atom. The number of aliphatic hydroxyl groups is 1. The van der Waals surface area contributed by atoms with E-state index in [0.717, 1.165) is 22.6 Å². The second-order valence-electron chi connectivity index (χ2n) is 4.14. The van der Waals surface area contributed by atoms with Gasteiger partial charge in [0.2, 0.25) is 0 Å². The first kappa shape index (κ1) is 12.6. The fourth-order valence-corrected chi connectivity index (χ4v) is 1.79. The zero-order valence-corrected chi connectivity index (χ0v) is 10.5. The summed E-state index contributed by atoms with van der Waals surface area (Å²) in [5.74, 6) is 1.23. The van der Waals surface area contributed by atoms with Crippen LogP contribution in [0, 0.1) is 6.92 Å². The van der Waals surface area contributed by atoms with Gasteiger partial charge in [0, 0.05) is 12.1 Å². The molecule has 0 bridgehead atoms. The van der Waals surface area contributed by atoms with Crippen LogP contribution in [-0.2, 0) is 0 Å². The first-order valence-corrected chi connectivity index (χ1v) is 5.73. The van der Waals surface area contributed by atoms with Crippen molar-refractivity contribution in [2.75, 3.05) is 13.7 Å². The predicted octanol–water partition coefficient (Wildman–Crippen LogP) is 1.39. The summed E-state index contributed by atoms with van der Waals surface area (Å²) in [5.41, 5.74) is 8.24. The largest absolute Gasteiger partial charge is 0.496 e. The molecule has 1 aromatic heterocycles. The van der Waals surface area contributed by atoms with E-state index in [4.69, 9.17) is 10.5 Å². The van der Waals surface area contributed by atoms with Crippen molar-refractivity contribution in [3.8, 4) is 17.0 Å². The molecule has 2 rings (SSSR count). The molecule has 0 fully saturated rings. The molecule has 5 nitrogen and oxygen atoms in total. The molecule has 1 aromatic carbocycles. The van der Waals surface area contributed by atoms with Gasteiger partial charge in [0.25, 0.3) is 0 Å². The summed E-state index contributed by atoms with van der Waals surface area (Å²) >= 11 is 0. The van der Waals surface area contributed by atoms with Crippen LogP contribution in [0.1, 0.15) is 17.5 Å². The number of ether oxygens (including phenoxy) is 1. The summed E-state index contributed by atoms with van der Waals surface area (Å²) in [6.07, 6.45) is 0.903. The van der Waals surface area contributed by atoms with Gasteiger partial charge < -0.3 is 20.6 Å². The number of imidazole rings is 1. The minimum atomic E-state index is -0.769. The van der Waals surface area contributed by atoms with Crippen LogP contribution in [0.2, 0.25) is 0 Å². The van der Waals surface area contributed by atoms with Gasteiger partial charge in [-0.15, -0.1) is 0 Å². The highest BCUT2D eigenvalue weighted by molar-refractivity contribution is 5.67. The van der Waals surface area contributed by atoms with Gasteiger partial charge in [0.15, 0.2) is 0 Å². The number of aliphatic hydroxyl groups excluding tert-OH is 1. The number of methoxy groups -OCH3 is 1. The molecule has 1 heterocycles. The highest BCUT2D eigenvalue weighted by atomic mass is 16.5. The highest BCUT2D eigenvalue weighted by Gasteiger charge is 2.13. The Bertz CT molecular complexity index is 537.